The van der Waals surface area contributed by atoms with Gasteiger partial charge < -0.3 is 9.47 Å². The van der Waals surface area contributed by atoms with Crippen LogP contribution < -0.4 is 0 Å². The molecule has 3 nitrogen and oxygen atoms in total. The zero-order valence-electron chi connectivity index (χ0n) is 9.50. The largest absolute Gasteiger partial charge is 0.380 e. The van der Waals surface area contributed by atoms with Crippen LogP contribution >= 0.6 is 0 Å². The number of ether oxygens (including phenoxy) is 2. The molecule has 0 aliphatic carbocycles. The lowest BCUT2D eigenvalue weighted by atomic mass is 10.4. The summed E-state index contributed by atoms with van der Waals surface area (Å²) in [5.74, 6) is 0. The predicted molar refractivity (Wildman–Crippen MR) is 59.6 cm³/mol. The minimum Gasteiger partial charge on any atom is -0.380 e. The standard InChI is InChI=1S/C11H23NO2/c1-4-7-12(8-10-13-5-2)9-11-14-6-3/h4H,1,5-11H2,2-3H3. The third kappa shape index (κ3) is 8.23. The highest BCUT2D eigenvalue weighted by Crippen LogP contribution is 1.90. The molecule has 84 valence electrons. The van der Waals surface area contributed by atoms with Crippen molar-refractivity contribution in [1.82, 2.24) is 4.90 Å². The zero-order valence-corrected chi connectivity index (χ0v) is 9.50. The first-order valence-corrected chi connectivity index (χ1v) is 5.33. The van der Waals surface area contributed by atoms with Gasteiger partial charge >= 0.3 is 0 Å². The van der Waals surface area contributed by atoms with Crippen molar-refractivity contribution < 1.29 is 9.47 Å². The average molecular weight is 201 g/mol. The van der Waals surface area contributed by atoms with Crippen molar-refractivity contribution >= 4 is 0 Å². The Morgan fingerprint density at radius 3 is 1.93 bits per heavy atom. The number of hydrogen-bond donors (Lipinski definition) is 0. The first-order chi connectivity index (χ1) is 6.85. The Balaban J connectivity index is 3.49. The summed E-state index contributed by atoms with van der Waals surface area (Å²) in [4.78, 5) is 2.28. The molecule has 0 heterocycles. The third-order valence-corrected chi connectivity index (χ3v) is 1.90. The molecule has 0 aromatic heterocycles. The van der Waals surface area contributed by atoms with E-state index in [9.17, 15) is 0 Å². The second-order valence-corrected chi connectivity index (χ2v) is 2.98. The third-order valence-electron chi connectivity index (χ3n) is 1.90. The number of nitrogens with zero attached hydrogens (tertiary/aromatic N) is 1. The van der Waals surface area contributed by atoms with Crippen molar-refractivity contribution in [2.45, 2.75) is 13.8 Å². The first-order valence-electron chi connectivity index (χ1n) is 5.33. The highest BCUT2D eigenvalue weighted by atomic mass is 16.5. The molecule has 0 aliphatic heterocycles. The Labute approximate surface area is 87.7 Å². The molecule has 0 radical (unpaired) electrons. The number of hydrogen-bond acceptors (Lipinski definition) is 3. The highest BCUT2D eigenvalue weighted by Gasteiger charge is 2.01. The van der Waals surface area contributed by atoms with Gasteiger partial charge in [-0.1, -0.05) is 6.08 Å². The van der Waals surface area contributed by atoms with Crippen molar-refractivity contribution in [3.8, 4) is 0 Å². The Morgan fingerprint density at radius 1 is 1.07 bits per heavy atom. The molecule has 0 aromatic rings. The van der Waals surface area contributed by atoms with E-state index in [0.717, 1.165) is 46.1 Å². The van der Waals surface area contributed by atoms with Crippen LogP contribution in [0.25, 0.3) is 0 Å². The molecule has 0 saturated heterocycles. The predicted octanol–water partition coefficient (Wildman–Crippen LogP) is 1.55. The summed E-state index contributed by atoms with van der Waals surface area (Å²) in [6.07, 6.45) is 1.91. The fourth-order valence-electron chi connectivity index (χ4n) is 1.15. The molecular weight excluding hydrogens is 178 g/mol. The summed E-state index contributed by atoms with van der Waals surface area (Å²) in [7, 11) is 0. The van der Waals surface area contributed by atoms with Crippen molar-refractivity contribution in [2.24, 2.45) is 0 Å². The van der Waals surface area contributed by atoms with Gasteiger partial charge in [0.25, 0.3) is 0 Å². The molecule has 0 saturated carbocycles. The van der Waals surface area contributed by atoms with E-state index in [1.807, 2.05) is 19.9 Å². The Kier molecular flexibility index (Phi) is 10.4. The van der Waals surface area contributed by atoms with E-state index in [1.54, 1.807) is 0 Å². The molecule has 0 aliphatic rings. The smallest absolute Gasteiger partial charge is 0.0593 e. The fraction of sp³-hybridized carbons (Fsp3) is 0.818. The summed E-state index contributed by atoms with van der Waals surface area (Å²) in [6.45, 7) is 13.7. The van der Waals surface area contributed by atoms with Gasteiger partial charge in [0, 0.05) is 32.8 Å². The van der Waals surface area contributed by atoms with Gasteiger partial charge in [-0.15, -0.1) is 6.58 Å². The Bertz CT molecular complexity index is 118. The van der Waals surface area contributed by atoms with E-state index < -0.39 is 0 Å². The maximum atomic E-state index is 5.30. The van der Waals surface area contributed by atoms with E-state index in [-0.39, 0.29) is 0 Å². The summed E-state index contributed by atoms with van der Waals surface area (Å²) in [5.41, 5.74) is 0. The molecule has 0 spiro atoms. The molecule has 0 atom stereocenters. The summed E-state index contributed by atoms with van der Waals surface area (Å²) in [5, 5.41) is 0. The van der Waals surface area contributed by atoms with Crippen LogP contribution in [0.4, 0.5) is 0 Å². The van der Waals surface area contributed by atoms with Gasteiger partial charge in [0.05, 0.1) is 13.2 Å². The lowest BCUT2D eigenvalue weighted by Crippen LogP contribution is -2.31. The molecule has 0 amide bonds. The van der Waals surface area contributed by atoms with E-state index in [0.29, 0.717) is 0 Å². The van der Waals surface area contributed by atoms with E-state index in [1.165, 1.54) is 0 Å². The Hall–Kier alpha value is -0.380. The van der Waals surface area contributed by atoms with Crippen molar-refractivity contribution in [3.63, 3.8) is 0 Å². The normalized spacial score (nSPS) is 10.8. The van der Waals surface area contributed by atoms with Crippen LogP contribution in [-0.2, 0) is 9.47 Å². The second-order valence-electron chi connectivity index (χ2n) is 2.98. The molecule has 0 rings (SSSR count). The van der Waals surface area contributed by atoms with Crippen LogP contribution in [0.3, 0.4) is 0 Å². The minimum atomic E-state index is 0.785. The Morgan fingerprint density at radius 2 is 1.57 bits per heavy atom. The van der Waals surface area contributed by atoms with Crippen LogP contribution in [0.1, 0.15) is 13.8 Å². The maximum absolute atomic E-state index is 5.30. The van der Waals surface area contributed by atoms with Crippen molar-refractivity contribution in [2.75, 3.05) is 46.1 Å². The lowest BCUT2D eigenvalue weighted by Gasteiger charge is -2.19. The molecule has 0 unspecified atom stereocenters. The van der Waals surface area contributed by atoms with Gasteiger partial charge in [-0.3, -0.25) is 4.90 Å². The van der Waals surface area contributed by atoms with Crippen LogP contribution in [-0.4, -0.2) is 51.0 Å². The minimum absolute atomic E-state index is 0.785. The molecule has 14 heavy (non-hydrogen) atoms. The maximum Gasteiger partial charge on any atom is 0.0593 e. The molecule has 0 aromatic carbocycles. The molecule has 0 bridgehead atoms. The fourth-order valence-corrected chi connectivity index (χ4v) is 1.15. The van der Waals surface area contributed by atoms with Gasteiger partial charge in [-0.25, -0.2) is 0 Å². The average Bonchev–Trinajstić information content (AvgIpc) is 2.18. The summed E-state index contributed by atoms with van der Waals surface area (Å²) < 4.78 is 10.6. The quantitative estimate of drug-likeness (QED) is 0.395. The molecule has 0 fully saturated rings. The number of rotatable bonds is 10. The topological polar surface area (TPSA) is 21.7 Å². The first kappa shape index (κ1) is 13.6. The van der Waals surface area contributed by atoms with Crippen LogP contribution in [0, 0.1) is 0 Å². The van der Waals surface area contributed by atoms with Crippen LogP contribution in [0.15, 0.2) is 12.7 Å². The van der Waals surface area contributed by atoms with Gasteiger partial charge in [0.2, 0.25) is 0 Å². The van der Waals surface area contributed by atoms with Gasteiger partial charge in [0.1, 0.15) is 0 Å². The zero-order chi connectivity index (χ0) is 10.6. The molecular formula is C11H23NO2. The van der Waals surface area contributed by atoms with E-state index in [2.05, 4.69) is 11.5 Å². The molecule has 0 N–H and O–H groups in total. The van der Waals surface area contributed by atoms with Crippen LogP contribution in [0.2, 0.25) is 0 Å². The van der Waals surface area contributed by atoms with E-state index in [4.69, 9.17) is 9.47 Å². The second kappa shape index (κ2) is 10.7. The summed E-state index contributed by atoms with van der Waals surface area (Å²) >= 11 is 0. The van der Waals surface area contributed by atoms with Gasteiger partial charge in [-0.2, -0.15) is 0 Å². The van der Waals surface area contributed by atoms with Gasteiger partial charge in [0.15, 0.2) is 0 Å². The van der Waals surface area contributed by atoms with Crippen LogP contribution in [0.5, 0.6) is 0 Å². The summed E-state index contributed by atoms with van der Waals surface area (Å²) in [6, 6.07) is 0. The SMILES string of the molecule is C=CCN(CCOCC)CCOCC. The lowest BCUT2D eigenvalue weighted by molar-refractivity contribution is 0.0878. The van der Waals surface area contributed by atoms with Crippen molar-refractivity contribution in [3.05, 3.63) is 12.7 Å². The van der Waals surface area contributed by atoms with Crippen molar-refractivity contribution in [1.29, 1.82) is 0 Å². The van der Waals surface area contributed by atoms with E-state index >= 15 is 0 Å². The highest BCUT2D eigenvalue weighted by molar-refractivity contribution is 4.73. The monoisotopic (exact) mass is 201 g/mol. The molecule has 3 heteroatoms. The van der Waals surface area contributed by atoms with Gasteiger partial charge in [-0.05, 0) is 13.8 Å².